The van der Waals surface area contributed by atoms with Gasteiger partial charge in [-0.25, -0.2) is 0 Å². The minimum absolute atomic E-state index is 0.0856. The summed E-state index contributed by atoms with van der Waals surface area (Å²) in [7, 11) is 0. The summed E-state index contributed by atoms with van der Waals surface area (Å²) in [5.74, 6) is 0. The molecule has 0 radical (unpaired) electrons. The van der Waals surface area contributed by atoms with Gasteiger partial charge in [-0.1, -0.05) is 37.3 Å². The van der Waals surface area contributed by atoms with Crippen LogP contribution in [0.2, 0.25) is 0 Å². The normalized spacial score (nSPS) is 14.5. The van der Waals surface area contributed by atoms with Crippen molar-refractivity contribution in [2.45, 2.75) is 26.4 Å². The first-order valence-electron chi connectivity index (χ1n) is 6.03. The number of benzene rings is 1. The summed E-state index contributed by atoms with van der Waals surface area (Å²) in [6.45, 7) is 3.36. The number of aliphatic hydroxyl groups is 2. The molecule has 1 rings (SSSR count). The number of ether oxygens (including phenoxy) is 1. The average molecular weight is 238 g/mol. The first-order valence-corrected chi connectivity index (χ1v) is 6.03. The SMILES string of the molecule is C[C@](CO)(CCO)CCOCc1ccccc1. The molecule has 0 aliphatic carbocycles. The zero-order chi connectivity index (χ0) is 12.6. The molecular weight excluding hydrogens is 216 g/mol. The van der Waals surface area contributed by atoms with Gasteiger partial charge in [-0.15, -0.1) is 0 Å². The molecule has 0 fully saturated rings. The number of rotatable bonds is 8. The van der Waals surface area contributed by atoms with Crippen LogP contribution < -0.4 is 0 Å². The first kappa shape index (κ1) is 14.2. The van der Waals surface area contributed by atoms with Crippen molar-refractivity contribution in [2.24, 2.45) is 5.41 Å². The molecule has 2 N–H and O–H groups in total. The quantitative estimate of drug-likeness (QED) is 0.681. The molecule has 1 atom stereocenters. The maximum Gasteiger partial charge on any atom is 0.0716 e. The van der Waals surface area contributed by atoms with Crippen LogP contribution >= 0.6 is 0 Å². The van der Waals surface area contributed by atoms with E-state index in [1.807, 2.05) is 37.3 Å². The lowest BCUT2D eigenvalue weighted by Crippen LogP contribution is -2.24. The Kier molecular flexibility index (Phi) is 6.19. The van der Waals surface area contributed by atoms with Crippen molar-refractivity contribution in [3.05, 3.63) is 35.9 Å². The van der Waals surface area contributed by atoms with Crippen molar-refractivity contribution >= 4 is 0 Å². The highest BCUT2D eigenvalue weighted by Gasteiger charge is 2.22. The fourth-order valence-corrected chi connectivity index (χ4v) is 1.64. The summed E-state index contributed by atoms with van der Waals surface area (Å²) in [5, 5.41) is 18.2. The summed E-state index contributed by atoms with van der Waals surface area (Å²) < 4.78 is 5.57. The molecule has 0 aromatic heterocycles. The van der Waals surface area contributed by atoms with Crippen LogP contribution in [0.3, 0.4) is 0 Å². The van der Waals surface area contributed by atoms with E-state index in [0.717, 1.165) is 12.0 Å². The van der Waals surface area contributed by atoms with Crippen LogP contribution in [-0.4, -0.2) is 30.0 Å². The number of aliphatic hydroxyl groups excluding tert-OH is 2. The first-order chi connectivity index (χ1) is 8.20. The predicted molar refractivity (Wildman–Crippen MR) is 67.6 cm³/mol. The zero-order valence-electron chi connectivity index (χ0n) is 10.4. The van der Waals surface area contributed by atoms with Crippen molar-refractivity contribution in [3.63, 3.8) is 0 Å². The van der Waals surface area contributed by atoms with Crippen LogP contribution in [0.4, 0.5) is 0 Å². The molecule has 1 aromatic rings. The molecule has 0 spiro atoms. The molecule has 1 aromatic carbocycles. The Morgan fingerprint density at radius 3 is 2.41 bits per heavy atom. The van der Waals surface area contributed by atoms with Gasteiger partial charge >= 0.3 is 0 Å². The highest BCUT2D eigenvalue weighted by Crippen LogP contribution is 2.24. The van der Waals surface area contributed by atoms with Crippen LogP contribution in [0, 0.1) is 5.41 Å². The third kappa shape index (κ3) is 5.31. The third-order valence-corrected chi connectivity index (χ3v) is 3.06. The Labute approximate surface area is 103 Å². The van der Waals surface area contributed by atoms with Gasteiger partial charge in [0.05, 0.1) is 6.61 Å². The van der Waals surface area contributed by atoms with E-state index in [2.05, 4.69) is 0 Å². The molecule has 0 amide bonds. The fourth-order valence-electron chi connectivity index (χ4n) is 1.64. The molecule has 0 bridgehead atoms. The van der Waals surface area contributed by atoms with Crippen molar-refractivity contribution in [3.8, 4) is 0 Å². The number of hydrogen-bond donors (Lipinski definition) is 2. The van der Waals surface area contributed by atoms with E-state index >= 15 is 0 Å². The molecule has 0 unspecified atom stereocenters. The van der Waals surface area contributed by atoms with Crippen molar-refractivity contribution < 1.29 is 14.9 Å². The molecule has 0 saturated carbocycles. The average Bonchev–Trinajstić information content (AvgIpc) is 2.36. The molecule has 96 valence electrons. The topological polar surface area (TPSA) is 49.7 Å². The minimum atomic E-state index is -0.231. The van der Waals surface area contributed by atoms with E-state index in [1.165, 1.54) is 0 Å². The van der Waals surface area contributed by atoms with E-state index in [9.17, 15) is 5.11 Å². The highest BCUT2D eigenvalue weighted by molar-refractivity contribution is 5.13. The molecule has 0 aliphatic rings. The third-order valence-electron chi connectivity index (χ3n) is 3.06. The van der Waals surface area contributed by atoms with Gasteiger partial charge in [0, 0.05) is 19.8 Å². The Hall–Kier alpha value is -0.900. The van der Waals surface area contributed by atoms with Crippen LogP contribution in [0.1, 0.15) is 25.3 Å². The summed E-state index contributed by atoms with van der Waals surface area (Å²) in [5.41, 5.74) is 0.922. The second-order valence-corrected chi connectivity index (χ2v) is 4.73. The Morgan fingerprint density at radius 1 is 1.12 bits per heavy atom. The van der Waals surface area contributed by atoms with Crippen molar-refractivity contribution in [1.82, 2.24) is 0 Å². The van der Waals surface area contributed by atoms with Gasteiger partial charge in [0.15, 0.2) is 0 Å². The number of hydrogen-bond acceptors (Lipinski definition) is 3. The van der Waals surface area contributed by atoms with E-state index in [-0.39, 0.29) is 18.6 Å². The second-order valence-electron chi connectivity index (χ2n) is 4.73. The Balaban J connectivity index is 2.23. The lowest BCUT2D eigenvalue weighted by atomic mass is 9.85. The minimum Gasteiger partial charge on any atom is -0.396 e. The fraction of sp³-hybridized carbons (Fsp3) is 0.571. The van der Waals surface area contributed by atoms with E-state index < -0.39 is 0 Å². The van der Waals surface area contributed by atoms with Crippen LogP contribution in [0.25, 0.3) is 0 Å². The molecule has 0 saturated heterocycles. The van der Waals surface area contributed by atoms with Gasteiger partial charge in [-0.05, 0) is 23.8 Å². The predicted octanol–water partition coefficient (Wildman–Crippen LogP) is 1.97. The van der Waals surface area contributed by atoms with Gasteiger partial charge in [-0.2, -0.15) is 0 Å². The largest absolute Gasteiger partial charge is 0.396 e. The molecule has 0 heterocycles. The lowest BCUT2D eigenvalue weighted by Gasteiger charge is -2.26. The van der Waals surface area contributed by atoms with Gasteiger partial charge < -0.3 is 14.9 Å². The second kappa shape index (κ2) is 7.43. The summed E-state index contributed by atoms with van der Waals surface area (Å²) >= 11 is 0. The van der Waals surface area contributed by atoms with Gasteiger partial charge in [0.25, 0.3) is 0 Å². The van der Waals surface area contributed by atoms with Crippen LogP contribution in [0.5, 0.6) is 0 Å². The summed E-state index contributed by atoms with van der Waals surface area (Å²) in [4.78, 5) is 0. The molecule has 17 heavy (non-hydrogen) atoms. The van der Waals surface area contributed by atoms with Gasteiger partial charge in [0.1, 0.15) is 0 Å². The van der Waals surface area contributed by atoms with Gasteiger partial charge in [0.2, 0.25) is 0 Å². The smallest absolute Gasteiger partial charge is 0.0716 e. The molecule has 3 heteroatoms. The van der Waals surface area contributed by atoms with Crippen molar-refractivity contribution in [2.75, 3.05) is 19.8 Å². The maximum absolute atomic E-state index is 9.27. The van der Waals surface area contributed by atoms with Crippen molar-refractivity contribution in [1.29, 1.82) is 0 Å². The van der Waals surface area contributed by atoms with E-state index in [0.29, 0.717) is 19.6 Å². The maximum atomic E-state index is 9.27. The summed E-state index contributed by atoms with van der Waals surface area (Å²) in [6.07, 6.45) is 1.37. The van der Waals surface area contributed by atoms with E-state index in [4.69, 9.17) is 9.84 Å². The van der Waals surface area contributed by atoms with Crippen LogP contribution in [0.15, 0.2) is 30.3 Å². The highest BCUT2D eigenvalue weighted by atomic mass is 16.5. The lowest BCUT2D eigenvalue weighted by molar-refractivity contribution is 0.0450. The standard InChI is InChI=1S/C14H22O3/c1-14(12-16,7-9-15)8-10-17-11-13-5-3-2-4-6-13/h2-6,15-16H,7-12H2,1H3/t14-/m0/s1. The Morgan fingerprint density at radius 2 is 1.82 bits per heavy atom. The Bertz CT molecular complexity index is 300. The molecule has 0 aliphatic heterocycles. The monoisotopic (exact) mass is 238 g/mol. The van der Waals surface area contributed by atoms with Gasteiger partial charge in [-0.3, -0.25) is 0 Å². The zero-order valence-corrected chi connectivity index (χ0v) is 10.4. The molecule has 3 nitrogen and oxygen atoms in total. The summed E-state index contributed by atoms with van der Waals surface area (Å²) in [6, 6.07) is 10.0. The van der Waals surface area contributed by atoms with Crippen LogP contribution in [-0.2, 0) is 11.3 Å². The van der Waals surface area contributed by atoms with E-state index in [1.54, 1.807) is 0 Å². The molecular formula is C14H22O3.